The number of carbonyl (C=O) groups excluding carboxylic acids is 3. The predicted octanol–water partition coefficient (Wildman–Crippen LogP) is 3.45. The standard InChI is InChI=1S/C23H30N4O4/c1-14(2)31-23(30)26-12-16(4)27(17(5)28)20-7-6-18(11-21(20)26)19-10-15(3)25(13-19)9-8-22(24)29/h6-7,10-11,13-14,16H,8-9,12H2,1-5H3,(H2,24,29)/t16-/m0/s1. The molecule has 0 fully saturated rings. The molecule has 2 heterocycles. The van der Waals surface area contributed by atoms with E-state index in [-0.39, 0.29) is 30.4 Å². The predicted molar refractivity (Wildman–Crippen MR) is 120 cm³/mol. The lowest BCUT2D eigenvalue weighted by atomic mass is 10.0. The van der Waals surface area contributed by atoms with Gasteiger partial charge >= 0.3 is 6.09 Å². The molecule has 0 radical (unpaired) electrons. The van der Waals surface area contributed by atoms with Gasteiger partial charge in [-0.1, -0.05) is 6.07 Å². The third-order valence-corrected chi connectivity index (χ3v) is 5.35. The molecule has 1 aromatic carbocycles. The van der Waals surface area contributed by atoms with Crippen LogP contribution in [0.25, 0.3) is 11.1 Å². The molecule has 0 spiro atoms. The van der Waals surface area contributed by atoms with E-state index in [1.54, 1.807) is 9.80 Å². The Morgan fingerprint density at radius 2 is 1.87 bits per heavy atom. The molecule has 8 nitrogen and oxygen atoms in total. The summed E-state index contributed by atoms with van der Waals surface area (Å²) in [5, 5.41) is 0. The summed E-state index contributed by atoms with van der Waals surface area (Å²) in [5.41, 5.74) is 9.46. The van der Waals surface area contributed by atoms with Crippen LogP contribution in [0.2, 0.25) is 0 Å². The first kappa shape index (κ1) is 22.4. The number of hydrogen-bond acceptors (Lipinski definition) is 4. The number of benzene rings is 1. The van der Waals surface area contributed by atoms with Gasteiger partial charge in [0.05, 0.1) is 23.5 Å². The number of nitrogens with two attached hydrogens (primary N) is 1. The van der Waals surface area contributed by atoms with Crippen LogP contribution in [0.4, 0.5) is 16.2 Å². The fraction of sp³-hybridized carbons (Fsp3) is 0.435. The number of rotatable bonds is 5. The third-order valence-electron chi connectivity index (χ3n) is 5.35. The first-order valence-corrected chi connectivity index (χ1v) is 10.5. The number of aryl methyl sites for hydroxylation is 2. The molecule has 1 atom stereocenters. The van der Waals surface area contributed by atoms with E-state index in [0.717, 1.165) is 16.8 Å². The van der Waals surface area contributed by atoms with Crippen molar-refractivity contribution in [3.63, 3.8) is 0 Å². The van der Waals surface area contributed by atoms with Gasteiger partial charge in [-0.2, -0.15) is 0 Å². The Kier molecular flexibility index (Phi) is 6.38. The van der Waals surface area contributed by atoms with Gasteiger partial charge in [0.1, 0.15) is 0 Å². The third kappa shape index (κ3) is 4.73. The number of primary amides is 1. The zero-order valence-corrected chi connectivity index (χ0v) is 18.7. The van der Waals surface area contributed by atoms with Crippen molar-refractivity contribution >= 4 is 29.3 Å². The molecular weight excluding hydrogens is 396 g/mol. The van der Waals surface area contributed by atoms with Crippen molar-refractivity contribution in [1.82, 2.24) is 4.57 Å². The van der Waals surface area contributed by atoms with Gasteiger partial charge in [-0.25, -0.2) is 4.79 Å². The molecule has 166 valence electrons. The zero-order chi connectivity index (χ0) is 22.9. The van der Waals surface area contributed by atoms with Crippen molar-refractivity contribution in [2.24, 2.45) is 5.73 Å². The van der Waals surface area contributed by atoms with Crippen LogP contribution in [0.15, 0.2) is 30.5 Å². The Hall–Kier alpha value is -3.29. The maximum atomic E-state index is 12.8. The maximum Gasteiger partial charge on any atom is 0.414 e. The van der Waals surface area contributed by atoms with Crippen molar-refractivity contribution in [3.8, 4) is 11.1 Å². The molecule has 2 aromatic rings. The Bertz CT molecular complexity index is 1010. The smallest absolute Gasteiger partial charge is 0.414 e. The minimum absolute atomic E-state index is 0.0770. The number of nitrogens with zero attached hydrogens (tertiary/aromatic N) is 3. The average molecular weight is 427 g/mol. The van der Waals surface area contributed by atoms with Crippen LogP contribution < -0.4 is 15.5 Å². The molecule has 1 aliphatic rings. The van der Waals surface area contributed by atoms with E-state index in [1.165, 1.54) is 6.92 Å². The lowest BCUT2D eigenvalue weighted by Crippen LogP contribution is -2.51. The Labute approximate surface area is 182 Å². The van der Waals surface area contributed by atoms with Crippen molar-refractivity contribution in [1.29, 1.82) is 0 Å². The zero-order valence-electron chi connectivity index (χ0n) is 18.7. The minimum Gasteiger partial charge on any atom is -0.446 e. The first-order valence-electron chi connectivity index (χ1n) is 10.5. The molecule has 2 N–H and O–H groups in total. The molecule has 8 heteroatoms. The minimum atomic E-state index is -0.432. The summed E-state index contributed by atoms with van der Waals surface area (Å²) in [4.78, 5) is 39.6. The van der Waals surface area contributed by atoms with Gasteiger partial charge in [0.2, 0.25) is 11.8 Å². The molecule has 1 aromatic heterocycles. The summed E-state index contributed by atoms with van der Waals surface area (Å²) in [6, 6.07) is 7.56. The highest BCUT2D eigenvalue weighted by Crippen LogP contribution is 2.39. The van der Waals surface area contributed by atoms with Gasteiger partial charge in [-0.05, 0) is 57.0 Å². The highest BCUT2D eigenvalue weighted by molar-refractivity contribution is 6.03. The number of anilines is 2. The van der Waals surface area contributed by atoms with Crippen LogP contribution in [-0.4, -0.2) is 41.2 Å². The van der Waals surface area contributed by atoms with Gasteiger partial charge in [0.15, 0.2) is 0 Å². The molecule has 3 amide bonds. The van der Waals surface area contributed by atoms with E-state index >= 15 is 0 Å². The SMILES string of the molecule is CC(=O)N1c2ccc(-c3cc(C)n(CCC(N)=O)c3)cc2N(C(=O)OC(C)C)C[C@@H]1C. The fourth-order valence-electron chi connectivity index (χ4n) is 3.97. The normalized spacial score (nSPS) is 15.7. The molecule has 0 aliphatic carbocycles. The van der Waals surface area contributed by atoms with Crippen LogP contribution in [0.5, 0.6) is 0 Å². The van der Waals surface area contributed by atoms with Gasteiger partial charge < -0.3 is 19.9 Å². The molecule has 1 aliphatic heterocycles. The first-order chi connectivity index (χ1) is 14.6. The maximum absolute atomic E-state index is 12.8. The van der Waals surface area contributed by atoms with Gasteiger partial charge in [-0.15, -0.1) is 0 Å². The van der Waals surface area contributed by atoms with E-state index < -0.39 is 6.09 Å². The number of hydrogen-bond donors (Lipinski definition) is 1. The largest absolute Gasteiger partial charge is 0.446 e. The van der Waals surface area contributed by atoms with Crippen LogP contribution in [0.1, 0.15) is 39.8 Å². The van der Waals surface area contributed by atoms with E-state index in [1.807, 2.05) is 62.7 Å². The second-order valence-electron chi connectivity index (χ2n) is 8.26. The second kappa shape index (κ2) is 8.83. The van der Waals surface area contributed by atoms with Crippen molar-refractivity contribution in [2.45, 2.75) is 59.7 Å². The Morgan fingerprint density at radius 1 is 1.16 bits per heavy atom. The van der Waals surface area contributed by atoms with Crippen LogP contribution in [-0.2, 0) is 20.9 Å². The number of fused-ring (bicyclic) bond motifs is 1. The Morgan fingerprint density at radius 3 is 2.48 bits per heavy atom. The van der Waals surface area contributed by atoms with Gasteiger partial charge in [-0.3, -0.25) is 14.5 Å². The molecule has 0 bridgehead atoms. The quantitative estimate of drug-likeness (QED) is 0.792. The van der Waals surface area contributed by atoms with E-state index in [4.69, 9.17) is 10.5 Å². The van der Waals surface area contributed by atoms with E-state index in [2.05, 4.69) is 0 Å². The lowest BCUT2D eigenvalue weighted by molar-refractivity contribution is -0.118. The highest BCUT2D eigenvalue weighted by Gasteiger charge is 2.34. The van der Waals surface area contributed by atoms with Crippen molar-refractivity contribution < 1.29 is 19.1 Å². The molecule has 31 heavy (non-hydrogen) atoms. The highest BCUT2D eigenvalue weighted by atomic mass is 16.6. The number of amides is 3. The van der Waals surface area contributed by atoms with Gasteiger partial charge in [0.25, 0.3) is 0 Å². The number of carbonyl (C=O) groups is 3. The molecule has 0 saturated carbocycles. The van der Waals surface area contributed by atoms with E-state index in [0.29, 0.717) is 24.5 Å². The average Bonchev–Trinajstić information content (AvgIpc) is 3.05. The van der Waals surface area contributed by atoms with Crippen LogP contribution >= 0.6 is 0 Å². The van der Waals surface area contributed by atoms with E-state index in [9.17, 15) is 14.4 Å². The fourth-order valence-corrected chi connectivity index (χ4v) is 3.97. The van der Waals surface area contributed by atoms with Crippen molar-refractivity contribution in [2.75, 3.05) is 16.3 Å². The van der Waals surface area contributed by atoms with Crippen LogP contribution in [0, 0.1) is 6.92 Å². The molecule has 0 unspecified atom stereocenters. The summed E-state index contributed by atoms with van der Waals surface area (Å²) >= 11 is 0. The van der Waals surface area contributed by atoms with Crippen LogP contribution in [0.3, 0.4) is 0 Å². The van der Waals surface area contributed by atoms with Crippen molar-refractivity contribution in [3.05, 3.63) is 36.2 Å². The summed E-state index contributed by atoms with van der Waals surface area (Å²) in [5.74, 6) is -0.423. The topological polar surface area (TPSA) is 97.9 Å². The molecule has 0 saturated heterocycles. The summed E-state index contributed by atoms with van der Waals surface area (Å²) < 4.78 is 7.43. The monoisotopic (exact) mass is 426 g/mol. The van der Waals surface area contributed by atoms with Gasteiger partial charge in [0, 0.05) is 38.3 Å². The molecular formula is C23H30N4O4. The lowest BCUT2D eigenvalue weighted by Gasteiger charge is -2.40. The summed E-state index contributed by atoms with van der Waals surface area (Å²) in [6.45, 7) is 9.88. The summed E-state index contributed by atoms with van der Waals surface area (Å²) in [6.07, 6.45) is 1.55. The summed E-state index contributed by atoms with van der Waals surface area (Å²) in [7, 11) is 0. The molecule has 3 rings (SSSR count). The second-order valence-corrected chi connectivity index (χ2v) is 8.26. The number of ether oxygens (including phenoxy) is 1. The number of aromatic nitrogens is 1. The Balaban J connectivity index is 2.03.